The van der Waals surface area contributed by atoms with Crippen LogP contribution >= 0.6 is 11.8 Å². The van der Waals surface area contributed by atoms with E-state index in [1.54, 1.807) is 0 Å². The number of Topliss-reactive ketones (excluding diaryl/α,β-unsaturated/α-hetero) is 1. The standard InChI is InChI=1S/C11H10O3S/c12-8-6-9(15-10(8)11(13)14)7-4-2-1-3-5-7/h1-5,9-10H,6H2,(H,13,14). The maximum absolute atomic E-state index is 11.4. The molecule has 1 aromatic carbocycles. The van der Waals surface area contributed by atoms with Crippen molar-refractivity contribution in [2.45, 2.75) is 16.9 Å². The summed E-state index contributed by atoms with van der Waals surface area (Å²) in [5.74, 6) is -1.20. The number of benzene rings is 1. The van der Waals surface area contributed by atoms with Crippen LogP contribution in [0.5, 0.6) is 0 Å². The summed E-state index contributed by atoms with van der Waals surface area (Å²) < 4.78 is 0. The molecule has 4 heteroatoms. The fourth-order valence-electron chi connectivity index (χ4n) is 1.64. The lowest BCUT2D eigenvalue weighted by Gasteiger charge is -2.07. The van der Waals surface area contributed by atoms with Crippen molar-refractivity contribution in [3.63, 3.8) is 0 Å². The highest BCUT2D eigenvalue weighted by Gasteiger charge is 2.38. The number of carbonyl (C=O) groups excluding carboxylic acids is 1. The summed E-state index contributed by atoms with van der Waals surface area (Å²) in [7, 11) is 0. The molecule has 0 radical (unpaired) electrons. The Labute approximate surface area is 91.5 Å². The van der Waals surface area contributed by atoms with Crippen LogP contribution in [0.25, 0.3) is 0 Å². The molecule has 2 rings (SSSR count). The van der Waals surface area contributed by atoms with Crippen molar-refractivity contribution in [3.8, 4) is 0 Å². The molecule has 2 atom stereocenters. The molecule has 0 aliphatic carbocycles. The van der Waals surface area contributed by atoms with E-state index >= 15 is 0 Å². The highest BCUT2D eigenvalue weighted by Crippen LogP contribution is 2.42. The lowest BCUT2D eigenvalue weighted by molar-refractivity contribution is -0.139. The van der Waals surface area contributed by atoms with Gasteiger partial charge in [0.15, 0.2) is 11.0 Å². The highest BCUT2D eigenvalue weighted by molar-refractivity contribution is 8.02. The minimum Gasteiger partial charge on any atom is -0.480 e. The summed E-state index contributed by atoms with van der Waals surface area (Å²) in [5, 5.41) is 7.93. The van der Waals surface area contributed by atoms with E-state index in [9.17, 15) is 9.59 Å². The first-order valence-corrected chi connectivity index (χ1v) is 5.58. The molecule has 1 saturated heterocycles. The molecule has 0 bridgehead atoms. The van der Waals surface area contributed by atoms with Gasteiger partial charge in [-0.3, -0.25) is 9.59 Å². The van der Waals surface area contributed by atoms with Gasteiger partial charge in [-0.1, -0.05) is 30.3 Å². The summed E-state index contributed by atoms with van der Waals surface area (Å²) in [4.78, 5) is 22.1. The van der Waals surface area contributed by atoms with Crippen LogP contribution in [0.3, 0.4) is 0 Å². The normalized spacial score (nSPS) is 25.5. The average Bonchev–Trinajstić information content (AvgIpc) is 2.62. The van der Waals surface area contributed by atoms with Crippen molar-refractivity contribution >= 4 is 23.5 Å². The SMILES string of the molecule is O=C(O)C1SC(c2ccccc2)CC1=O. The van der Waals surface area contributed by atoms with E-state index in [0.29, 0.717) is 6.42 Å². The monoisotopic (exact) mass is 222 g/mol. The number of aliphatic carboxylic acids is 1. The molecule has 0 aromatic heterocycles. The van der Waals surface area contributed by atoms with Crippen LogP contribution in [0.1, 0.15) is 17.2 Å². The van der Waals surface area contributed by atoms with Crippen LogP contribution in [0, 0.1) is 0 Å². The van der Waals surface area contributed by atoms with Gasteiger partial charge in [0.05, 0.1) is 0 Å². The predicted octanol–water partition coefficient (Wildman–Crippen LogP) is 1.89. The third-order valence-electron chi connectivity index (χ3n) is 2.38. The molecule has 2 unspecified atom stereocenters. The second-order valence-corrected chi connectivity index (χ2v) is 4.74. The number of hydrogen-bond donors (Lipinski definition) is 1. The molecule has 1 aliphatic rings. The number of hydrogen-bond acceptors (Lipinski definition) is 3. The van der Waals surface area contributed by atoms with Gasteiger partial charge in [0.25, 0.3) is 0 Å². The van der Waals surface area contributed by atoms with Crippen molar-refractivity contribution in [1.82, 2.24) is 0 Å². The minimum atomic E-state index is -1.02. The second-order valence-electron chi connectivity index (χ2n) is 3.42. The molecule has 15 heavy (non-hydrogen) atoms. The zero-order valence-corrected chi connectivity index (χ0v) is 8.74. The number of carboxylic acid groups (broad SMARTS) is 1. The number of thioether (sulfide) groups is 1. The van der Waals surface area contributed by atoms with Gasteiger partial charge in [-0.2, -0.15) is 0 Å². The zero-order valence-electron chi connectivity index (χ0n) is 7.92. The van der Waals surface area contributed by atoms with Gasteiger partial charge in [0, 0.05) is 11.7 Å². The van der Waals surface area contributed by atoms with Gasteiger partial charge in [0.1, 0.15) is 0 Å². The molecular formula is C11H10O3S. The van der Waals surface area contributed by atoms with Crippen molar-refractivity contribution in [2.75, 3.05) is 0 Å². The maximum atomic E-state index is 11.4. The number of ketones is 1. The van der Waals surface area contributed by atoms with Crippen LogP contribution in [-0.4, -0.2) is 22.1 Å². The first kappa shape index (κ1) is 10.2. The quantitative estimate of drug-likeness (QED) is 0.776. The average molecular weight is 222 g/mol. The van der Waals surface area contributed by atoms with Crippen LogP contribution in [-0.2, 0) is 9.59 Å². The summed E-state index contributed by atoms with van der Waals surface area (Å²) in [6.07, 6.45) is 0.325. The van der Waals surface area contributed by atoms with E-state index in [2.05, 4.69) is 0 Å². The fourth-order valence-corrected chi connectivity index (χ4v) is 2.91. The Morgan fingerprint density at radius 1 is 1.33 bits per heavy atom. The Balaban J connectivity index is 2.16. The molecule has 3 nitrogen and oxygen atoms in total. The molecule has 1 N–H and O–H groups in total. The number of rotatable bonds is 2. The summed E-state index contributed by atoms with van der Waals surface area (Å²) in [6, 6.07) is 9.55. The number of carboxylic acids is 1. The summed E-state index contributed by atoms with van der Waals surface area (Å²) in [5.41, 5.74) is 1.03. The van der Waals surface area contributed by atoms with Crippen molar-refractivity contribution in [1.29, 1.82) is 0 Å². The van der Waals surface area contributed by atoms with Gasteiger partial charge in [-0.05, 0) is 5.56 Å². The fraction of sp³-hybridized carbons (Fsp3) is 0.273. The third-order valence-corrected chi connectivity index (χ3v) is 3.88. The molecule has 1 heterocycles. The smallest absolute Gasteiger partial charge is 0.324 e. The van der Waals surface area contributed by atoms with E-state index in [-0.39, 0.29) is 11.0 Å². The van der Waals surface area contributed by atoms with Crippen LogP contribution in [0.4, 0.5) is 0 Å². The Morgan fingerprint density at radius 3 is 2.53 bits per heavy atom. The second kappa shape index (κ2) is 4.06. The topological polar surface area (TPSA) is 54.4 Å². The molecular weight excluding hydrogens is 212 g/mol. The zero-order chi connectivity index (χ0) is 10.8. The maximum Gasteiger partial charge on any atom is 0.324 e. The van der Waals surface area contributed by atoms with Gasteiger partial charge < -0.3 is 5.11 Å². The molecule has 1 aromatic rings. The molecule has 1 aliphatic heterocycles. The Morgan fingerprint density at radius 2 is 2.00 bits per heavy atom. The van der Waals surface area contributed by atoms with Gasteiger partial charge >= 0.3 is 5.97 Å². The van der Waals surface area contributed by atoms with Crippen molar-refractivity contribution < 1.29 is 14.7 Å². The Bertz CT molecular complexity index is 388. The third kappa shape index (κ3) is 2.04. The predicted molar refractivity (Wildman–Crippen MR) is 57.8 cm³/mol. The molecule has 0 amide bonds. The first-order valence-electron chi connectivity index (χ1n) is 4.64. The minimum absolute atomic E-state index is 0.000185. The van der Waals surface area contributed by atoms with Crippen LogP contribution < -0.4 is 0 Å². The van der Waals surface area contributed by atoms with E-state index in [1.807, 2.05) is 30.3 Å². The molecule has 0 spiro atoms. The number of carbonyl (C=O) groups is 2. The largest absolute Gasteiger partial charge is 0.480 e. The van der Waals surface area contributed by atoms with Crippen molar-refractivity contribution in [2.24, 2.45) is 0 Å². The van der Waals surface area contributed by atoms with E-state index in [4.69, 9.17) is 5.11 Å². The summed E-state index contributed by atoms with van der Waals surface area (Å²) >= 11 is 1.23. The van der Waals surface area contributed by atoms with Crippen LogP contribution in [0.2, 0.25) is 0 Å². The van der Waals surface area contributed by atoms with Crippen molar-refractivity contribution in [3.05, 3.63) is 35.9 Å². The van der Waals surface area contributed by atoms with E-state index in [0.717, 1.165) is 5.56 Å². The van der Waals surface area contributed by atoms with E-state index < -0.39 is 11.2 Å². The Hall–Kier alpha value is -1.29. The highest BCUT2D eigenvalue weighted by atomic mass is 32.2. The lowest BCUT2D eigenvalue weighted by Crippen LogP contribution is -2.21. The van der Waals surface area contributed by atoms with Crippen LogP contribution in [0.15, 0.2) is 30.3 Å². The molecule has 78 valence electrons. The van der Waals surface area contributed by atoms with Gasteiger partial charge in [-0.25, -0.2) is 0 Å². The summed E-state index contributed by atoms with van der Waals surface area (Å²) in [6.45, 7) is 0. The lowest BCUT2D eigenvalue weighted by atomic mass is 10.1. The first-order chi connectivity index (χ1) is 7.18. The Kier molecular flexibility index (Phi) is 2.77. The van der Waals surface area contributed by atoms with Gasteiger partial charge in [0.2, 0.25) is 0 Å². The molecule has 0 saturated carbocycles. The van der Waals surface area contributed by atoms with E-state index in [1.165, 1.54) is 11.8 Å². The molecule has 1 fully saturated rings. The van der Waals surface area contributed by atoms with Gasteiger partial charge in [-0.15, -0.1) is 11.8 Å².